The summed E-state index contributed by atoms with van der Waals surface area (Å²) in [6.45, 7) is 5.24. The van der Waals surface area contributed by atoms with E-state index in [4.69, 9.17) is 5.73 Å². The molecule has 0 radical (unpaired) electrons. The Hall–Kier alpha value is -1.07. The predicted molar refractivity (Wildman–Crippen MR) is 78.1 cm³/mol. The number of halogens is 3. The molecule has 5 heteroatoms. The molecule has 0 aromatic heterocycles. The molecule has 0 amide bonds. The van der Waals surface area contributed by atoms with Crippen molar-refractivity contribution < 1.29 is 13.2 Å². The standard InChI is InChI=1S/C16H23F3N2/c1-11-5-6-12(2)14(8-11)15(20)10-21-7-3-4-13(9-21)16(17,18)19/h5-6,8,13,15H,3-4,7,9-10,20H2,1-2H3. The summed E-state index contributed by atoms with van der Waals surface area (Å²) in [6.07, 6.45) is -3.27. The van der Waals surface area contributed by atoms with E-state index in [1.807, 2.05) is 36.9 Å². The van der Waals surface area contributed by atoms with Gasteiger partial charge in [-0.15, -0.1) is 0 Å². The minimum Gasteiger partial charge on any atom is -0.323 e. The summed E-state index contributed by atoms with van der Waals surface area (Å²) in [6, 6.07) is 5.83. The van der Waals surface area contributed by atoms with Crippen LogP contribution in [0.5, 0.6) is 0 Å². The van der Waals surface area contributed by atoms with Crippen LogP contribution in [0.3, 0.4) is 0 Å². The molecule has 0 aliphatic carbocycles. The summed E-state index contributed by atoms with van der Waals surface area (Å²) in [5.74, 6) is -1.21. The van der Waals surface area contributed by atoms with Crippen molar-refractivity contribution in [2.45, 2.75) is 38.9 Å². The monoisotopic (exact) mass is 300 g/mol. The number of rotatable bonds is 3. The highest BCUT2D eigenvalue weighted by Gasteiger charge is 2.41. The summed E-state index contributed by atoms with van der Waals surface area (Å²) in [4.78, 5) is 1.86. The smallest absolute Gasteiger partial charge is 0.323 e. The Morgan fingerprint density at radius 3 is 2.71 bits per heavy atom. The second-order valence-corrected chi connectivity index (χ2v) is 6.11. The molecular weight excluding hydrogens is 277 g/mol. The fraction of sp³-hybridized carbons (Fsp3) is 0.625. The van der Waals surface area contributed by atoms with Gasteiger partial charge in [-0.2, -0.15) is 13.2 Å². The van der Waals surface area contributed by atoms with Gasteiger partial charge < -0.3 is 10.6 Å². The van der Waals surface area contributed by atoms with Crippen LogP contribution in [0.1, 0.15) is 35.6 Å². The second kappa shape index (κ2) is 6.36. The van der Waals surface area contributed by atoms with Crippen molar-refractivity contribution >= 4 is 0 Å². The molecular formula is C16H23F3N2. The quantitative estimate of drug-likeness (QED) is 0.924. The number of nitrogens with zero attached hydrogens (tertiary/aromatic N) is 1. The third-order valence-corrected chi connectivity index (χ3v) is 4.26. The van der Waals surface area contributed by atoms with Crippen molar-refractivity contribution in [2.75, 3.05) is 19.6 Å². The van der Waals surface area contributed by atoms with E-state index in [2.05, 4.69) is 0 Å². The number of alkyl halides is 3. The van der Waals surface area contributed by atoms with Gasteiger partial charge in [-0.05, 0) is 44.4 Å². The lowest BCUT2D eigenvalue weighted by Crippen LogP contribution is -2.44. The van der Waals surface area contributed by atoms with Gasteiger partial charge in [0.25, 0.3) is 0 Å². The molecule has 2 rings (SSSR count). The minimum absolute atomic E-state index is 0.0715. The number of hydrogen-bond acceptors (Lipinski definition) is 2. The number of benzene rings is 1. The lowest BCUT2D eigenvalue weighted by atomic mass is 9.95. The summed E-state index contributed by atoms with van der Waals surface area (Å²) in [5.41, 5.74) is 9.48. The maximum atomic E-state index is 12.8. The van der Waals surface area contributed by atoms with Crippen molar-refractivity contribution in [3.05, 3.63) is 34.9 Å². The van der Waals surface area contributed by atoms with Gasteiger partial charge in [0.2, 0.25) is 0 Å². The minimum atomic E-state index is -4.10. The number of hydrogen-bond donors (Lipinski definition) is 1. The fourth-order valence-corrected chi connectivity index (χ4v) is 3.02. The molecule has 1 aliphatic rings. The van der Waals surface area contributed by atoms with Crippen molar-refractivity contribution in [2.24, 2.45) is 11.7 Å². The number of aryl methyl sites for hydroxylation is 2. The summed E-state index contributed by atoms with van der Waals surface area (Å²) in [7, 11) is 0. The molecule has 118 valence electrons. The van der Waals surface area contributed by atoms with Crippen LogP contribution >= 0.6 is 0 Å². The lowest BCUT2D eigenvalue weighted by molar-refractivity contribution is -0.186. The Morgan fingerprint density at radius 2 is 2.05 bits per heavy atom. The average Bonchev–Trinajstić information content (AvgIpc) is 2.41. The number of likely N-dealkylation sites (tertiary alicyclic amines) is 1. The van der Waals surface area contributed by atoms with Crippen LogP contribution in [0.15, 0.2) is 18.2 Å². The molecule has 1 heterocycles. The Bertz CT molecular complexity index is 485. The van der Waals surface area contributed by atoms with Crippen molar-refractivity contribution in [3.63, 3.8) is 0 Å². The van der Waals surface area contributed by atoms with Gasteiger partial charge in [-0.25, -0.2) is 0 Å². The van der Waals surface area contributed by atoms with Crippen LogP contribution < -0.4 is 5.73 Å². The first-order chi connectivity index (χ1) is 9.77. The van der Waals surface area contributed by atoms with Gasteiger partial charge in [-0.1, -0.05) is 23.8 Å². The maximum Gasteiger partial charge on any atom is 0.393 e. The Morgan fingerprint density at radius 1 is 1.33 bits per heavy atom. The van der Waals surface area contributed by atoms with Crippen LogP contribution in [0.2, 0.25) is 0 Å². The molecule has 1 aromatic rings. The zero-order chi connectivity index (χ0) is 15.6. The van der Waals surface area contributed by atoms with Crippen LogP contribution in [0.25, 0.3) is 0 Å². The zero-order valence-corrected chi connectivity index (χ0v) is 12.6. The molecule has 0 bridgehead atoms. The van der Waals surface area contributed by atoms with Crippen molar-refractivity contribution in [3.8, 4) is 0 Å². The zero-order valence-electron chi connectivity index (χ0n) is 12.6. The predicted octanol–water partition coefficient (Wildman–Crippen LogP) is 3.58. The first kappa shape index (κ1) is 16.3. The Labute approximate surface area is 124 Å². The molecule has 1 saturated heterocycles. The SMILES string of the molecule is Cc1ccc(C)c(C(N)CN2CCCC(C(F)(F)F)C2)c1. The number of nitrogens with two attached hydrogens (primary N) is 1. The molecule has 1 aromatic carbocycles. The highest BCUT2D eigenvalue weighted by molar-refractivity contribution is 5.33. The van der Waals surface area contributed by atoms with Gasteiger partial charge >= 0.3 is 6.18 Å². The van der Waals surface area contributed by atoms with Crippen LogP contribution in [-0.4, -0.2) is 30.7 Å². The van der Waals surface area contributed by atoms with Gasteiger partial charge in [0.1, 0.15) is 0 Å². The van der Waals surface area contributed by atoms with Crippen LogP contribution in [0, 0.1) is 19.8 Å². The lowest BCUT2D eigenvalue weighted by Gasteiger charge is -2.35. The summed E-state index contributed by atoms with van der Waals surface area (Å²) in [5, 5.41) is 0. The first-order valence-corrected chi connectivity index (χ1v) is 7.39. The van der Waals surface area contributed by atoms with Gasteiger partial charge in [-0.3, -0.25) is 0 Å². The molecule has 2 N–H and O–H groups in total. The largest absolute Gasteiger partial charge is 0.393 e. The topological polar surface area (TPSA) is 29.3 Å². The van der Waals surface area contributed by atoms with E-state index in [0.29, 0.717) is 19.5 Å². The highest BCUT2D eigenvalue weighted by Crippen LogP contribution is 2.33. The fourth-order valence-electron chi connectivity index (χ4n) is 3.02. The third kappa shape index (κ3) is 4.20. The molecule has 2 atom stereocenters. The second-order valence-electron chi connectivity index (χ2n) is 6.11. The van der Waals surface area contributed by atoms with Crippen molar-refractivity contribution in [1.82, 2.24) is 4.90 Å². The molecule has 21 heavy (non-hydrogen) atoms. The molecule has 1 fully saturated rings. The van der Waals surface area contributed by atoms with E-state index in [1.165, 1.54) is 0 Å². The molecule has 2 unspecified atom stereocenters. The first-order valence-electron chi connectivity index (χ1n) is 7.39. The van der Waals surface area contributed by atoms with E-state index in [9.17, 15) is 13.2 Å². The summed E-state index contributed by atoms with van der Waals surface area (Å²) < 4.78 is 38.5. The van der Waals surface area contributed by atoms with E-state index < -0.39 is 12.1 Å². The summed E-state index contributed by atoms with van der Waals surface area (Å²) >= 11 is 0. The third-order valence-electron chi connectivity index (χ3n) is 4.26. The van der Waals surface area contributed by atoms with E-state index in [0.717, 1.165) is 16.7 Å². The molecule has 0 spiro atoms. The van der Waals surface area contributed by atoms with Crippen LogP contribution in [0.4, 0.5) is 13.2 Å². The molecule has 2 nitrogen and oxygen atoms in total. The maximum absolute atomic E-state index is 12.8. The molecule has 1 aliphatic heterocycles. The van der Waals surface area contributed by atoms with Gasteiger partial charge in [0.15, 0.2) is 0 Å². The average molecular weight is 300 g/mol. The van der Waals surface area contributed by atoms with Gasteiger partial charge in [0, 0.05) is 19.1 Å². The number of piperidine rings is 1. The normalized spacial score (nSPS) is 22.3. The Kier molecular flexibility index (Phi) is 4.94. The van der Waals surface area contributed by atoms with Crippen LogP contribution in [-0.2, 0) is 0 Å². The Balaban J connectivity index is 2.02. The van der Waals surface area contributed by atoms with E-state index >= 15 is 0 Å². The van der Waals surface area contributed by atoms with E-state index in [1.54, 1.807) is 0 Å². The van der Waals surface area contributed by atoms with Gasteiger partial charge in [0.05, 0.1) is 5.92 Å². The van der Waals surface area contributed by atoms with Crippen molar-refractivity contribution in [1.29, 1.82) is 0 Å². The van der Waals surface area contributed by atoms with E-state index in [-0.39, 0.29) is 19.0 Å². The highest BCUT2D eigenvalue weighted by atomic mass is 19.4. The molecule has 0 saturated carbocycles.